The summed E-state index contributed by atoms with van der Waals surface area (Å²) in [6, 6.07) is 3.46. The van der Waals surface area contributed by atoms with Crippen LogP contribution in [-0.4, -0.2) is 9.97 Å². The molecule has 0 fully saturated rings. The molecule has 0 radical (unpaired) electrons. The van der Waals surface area contributed by atoms with Crippen LogP contribution in [0.3, 0.4) is 0 Å². The third kappa shape index (κ3) is 2.86. The van der Waals surface area contributed by atoms with Crippen LogP contribution in [0.15, 0.2) is 18.2 Å². The summed E-state index contributed by atoms with van der Waals surface area (Å²) in [6.45, 7) is 0. The zero-order chi connectivity index (χ0) is 13.3. The Hall–Kier alpha value is -0.190. The first-order chi connectivity index (χ1) is 8.45. The van der Waals surface area contributed by atoms with E-state index in [9.17, 15) is 13.2 Å². The summed E-state index contributed by atoms with van der Waals surface area (Å²) >= 11 is 4.30. The van der Waals surface area contributed by atoms with E-state index in [0.29, 0.717) is 19.9 Å². The second-order valence-corrected chi connectivity index (χ2v) is 5.11. The molecule has 0 aliphatic heterocycles. The molecule has 96 valence electrons. The predicted molar refractivity (Wildman–Crippen MR) is 80.0 cm³/mol. The number of alkyl halides is 5. The van der Waals surface area contributed by atoms with Crippen LogP contribution in [-0.2, 0) is 15.0 Å². The molecule has 0 aliphatic rings. The van der Waals surface area contributed by atoms with Crippen LogP contribution < -0.4 is 0 Å². The highest BCUT2D eigenvalue weighted by Crippen LogP contribution is 2.31. The van der Waals surface area contributed by atoms with Crippen molar-refractivity contribution in [3.05, 3.63) is 35.2 Å². The fraction of sp³-hybridized carbons (Fsp3) is 0.273. The van der Waals surface area contributed by atoms with Gasteiger partial charge in [-0.2, -0.15) is 13.2 Å². The highest BCUT2D eigenvalue weighted by Gasteiger charge is 2.30. The summed E-state index contributed by atoms with van der Waals surface area (Å²) < 4.78 is 39.1. The van der Waals surface area contributed by atoms with E-state index in [2.05, 4.69) is 55.1 Å². The van der Waals surface area contributed by atoms with Gasteiger partial charge >= 0.3 is 6.18 Å². The van der Waals surface area contributed by atoms with Crippen LogP contribution in [0.5, 0.6) is 0 Å². The van der Waals surface area contributed by atoms with E-state index < -0.39 is 11.7 Å². The van der Waals surface area contributed by atoms with Crippen LogP contribution in [0.2, 0.25) is 0 Å². The van der Waals surface area contributed by atoms with Crippen molar-refractivity contribution in [1.29, 1.82) is 0 Å². The van der Waals surface area contributed by atoms with Gasteiger partial charge in [-0.3, -0.25) is 0 Å². The van der Waals surface area contributed by atoms with Crippen molar-refractivity contribution in [3.63, 3.8) is 0 Å². The number of aromatic nitrogens is 2. The third-order valence-corrected chi connectivity index (χ3v) is 3.84. The van der Waals surface area contributed by atoms with Crippen LogP contribution >= 0.6 is 45.2 Å². The summed E-state index contributed by atoms with van der Waals surface area (Å²) in [5, 5.41) is 0. The molecule has 7 heteroatoms. The summed E-state index contributed by atoms with van der Waals surface area (Å²) in [7, 11) is 0. The SMILES string of the molecule is FC(F)(F)c1ccc2nc(CI)c(CI)nc2c1. The van der Waals surface area contributed by atoms with Gasteiger partial charge in [0.25, 0.3) is 0 Å². The Kier molecular flexibility index (Phi) is 4.29. The molecule has 0 aliphatic carbocycles. The average molecular weight is 478 g/mol. The van der Waals surface area contributed by atoms with Gasteiger partial charge in [0.2, 0.25) is 0 Å². The Labute approximate surface area is 129 Å². The maximum absolute atomic E-state index is 12.6. The van der Waals surface area contributed by atoms with Gasteiger partial charge < -0.3 is 0 Å². The Morgan fingerprint density at radius 3 is 2.00 bits per heavy atom. The minimum atomic E-state index is -4.34. The smallest absolute Gasteiger partial charge is 0.248 e. The van der Waals surface area contributed by atoms with Crippen LogP contribution in [0.25, 0.3) is 11.0 Å². The van der Waals surface area contributed by atoms with E-state index in [1.54, 1.807) is 0 Å². The van der Waals surface area contributed by atoms with Crippen molar-refractivity contribution in [2.45, 2.75) is 15.0 Å². The van der Waals surface area contributed by atoms with Crippen LogP contribution in [0, 0.1) is 0 Å². The van der Waals surface area contributed by atoms with Crippen molar-refractivity contribution in [2.24, 2.45) is 0 Å². The maximum atomic E-state index is 12.6. The molecule has 2 aromatic rings. The van der Waals surface area contributed by atoms with Crippen LogP contribution in [0.4, 0.5) is 13.2 Å². The van der Waals surface area contributed by atoms with Gasteiger partial charge in [-0.25, -0.2) is 9.97 Å². The van der Waals surface area contributed by atoms with Crippen molar-refractivity contribution in [1.82, 2.24) is 9.97 Å². The monoisotopic (exact) mass is 478 g/mol. The van der Waals surface area contributed by atoms with Gasteiger partial charge in [-0.05, 0) is 18.2 Å². The molecular formula is C11H7F3I2N2. The lowest BCUT2D eigenvalue weighted by Crippen LogP contribution is -2.06. The van der Waals surface area contributed by atoms with Gasteiger partial charge in [-0.15, -0.1) is 0 Å². The van der Waals surface area contributed by atoms with Crippen molar-refractivity contribution >= 4 is 56.2 Å². The Bertz CT molecular complexity index is 584. The lowest BCUT2D eigenvalue weighted by Gasteiger charge is -2.09. The lowest BCUT2D eigenvalue weighted by atomic mass is 10.2. The van der Waals surface area contributed by atoms with E-state index in [1.165, 1.54) is 6.07 Å². The molecular weight excluding hydrogens is 471 g/mol. The molecule has 0 bridgehead atoms. The number of halogens is 5. The molecule has 0 atom stereocenters. The summed E-state index contributed by atoms with van der Waals surface area (Å²) in [4.78, 5) is 8.61. The molecule has 0 unspecified atom stereocenters. The zero-order valence-electron chi connectivity index (χ0n) is 8.93. The number of rotatable bonds is 2. The second-order valence-electron chi connectivity index (χ2n) is 3.59. The minimum Gasteiger partial charge on any atom is -0.248 e. The van der Waals surface area contributed by atoms with Crippen molar-refractivity contribution in [3.8, 4) is 0 Å². The molecule has 1 aromatic carbocycles. The van der Waals surface area contributed by atoms with Crippen LogP contribution in [0.1, 0.15) is 17.0 Å². The highest BCUT2D eigenvalue weighted by molar-refractivity contribution is 14.1. The number of benzene rings is 1. The van der Waals surface area contributed by atoms with Gasteiger partial charge in [0, 0.05) is 8.86 Å². The molecule has 18 heavy (non-hydrogen) atoms. The van der Waals surface area contributed by atoms with E-state index in [4.69, 9.17) is 0 Å². The van der Waals surface area contributed by atoms with Gasteiger partial charge in [0.15, 0.2) is 0 Å². The molecule has 2 nitrogen and oxygen atoms in total. The first kappa shape index (κ1) is 14.2. The fourth-order valence-electron chi connectivity index (χ4n) is 1.52. The largest absolute Gasteiger partial charge is 0.416 e. The molecule has 0 saturated heterocycles. The summed E-state index contributed by atoms with van der Waals surface area (Å²) in [5.41, 5.74) is 1.69. The minimum absolute atomic E-state index is 0.296. The van der Waals surface area contributed by atoms with Gasteiger partial charge in [0.05, 0.1) is 28.0 Å². The van der Waals surface area contributed by atoms with Gasteiger partial charge in [-0.1, -0.05) is 45.2 Å². The average Bonchev–Trinajstić information content (AvgIpc) is 2.35. The Balaban J connectivity index is 2.63. The fourth-order valence-corrected chi connectivity index (χ4v) is 2.74. The Morgan fingerprint density at radius 2 is 1.50 bits per heavy atom. The van der Waals surface area contributed by atoms with E-state index in [0.717, 1.165) is 23.5 Å². The first-order valence-electron chi connectivity index (χ1n) is 4.94. The number of nitrogens with zero attached hydrogens (tertiary/aromatic N) is 2. The number of hydrogen-bond donors (Lipinski definition) is 0. The maximum Gasteiger partial charge on any atom is 0.416 e. The molecule has 0 saturated carbocycles. The summed E-state index contributed by atoms with van der Waals surface area (Å²) in [5.74, 6) is 0. The molecule has 2 rings (SSSR count). The number of hydrogen-bond acceptors (Lipinski definition) is 2. The molecule has 0 spiro atoms. The molecule has 1 heterocycles. The molecule has 0 N–H and O–H groups in total. The summed E-state index contributed by atoms with van der Waals surface area (Å²) in [6.07, 6.45) is -4.34. The van der Waals surface area contributed by atoms with Crippen molar-refractivity contribution in [2.75, 3.05) is 0 Å². The standard InChI is InChI=1S/C11H7F3I2N2/c12-11(13,14)6-1-2-7-8(3-6)18-10(5-16)9(4-15)17-7/h1-3H,4-5H2. The predicted octanol–water partition coefficient (Wildman–Crippen LogP) is 4.52. The lowest BCUT2D eigenvalue weighted by molar-refractivity contribution is -0.137. The van der Waals surface area contributed by atoms with E-state index in [-0.39, 0.29) is 0 Å². The molecule has 0 amide bonds. The van der Waals surface area contributed by atoms with Crippen molar-refractivity contribution < 1.29 is 13.2 Å². The molecule has 1 aromatic heterocycles. The number of fused-ring (bicyclic) bond motifs is 1. The second kappa shape index (κ2) is 5.43. The topological polar surface area (TPSA) is 25.8 Å². The van der Waals surface area contributed by atoms with E-state index >= 15 is 0 Å². The van der Waals surface area contributed by atoms with Gasteiger partial charge in [0.1, 0.15) is 0 Å². The normalized spacial score (nSPS) is 12.1. The zero-order valence-corrected chi connectivity index (χ0v) is 13.2. The van der Waals surface area contributed by atoms with E-state index in [1.807, 2.05) is 0 Å². The quantitative estimate of drug-likeness (QED) is 0.469. The first-order valence-corrected chi connectivity index (χ1v) is 7.99. The highest BCUT2D eigenvalue weighted by atomic mass is 127. The Morgan fingerprint density at radius 1 is 0.944 bits per heavy atom. The third-order valence-electron chi connectivity index (χ3n) is 2.40.